The normalized spacial score (nSPS) is 11.1. The Morgan fingerprint density at radius 1 is 1.21 bits per heavy atom. The number of ether oxygens (including phenoxy) is 2. The smallest absolute Gasteiger partial charge is 0.211 e. The molecule has 126 valence electrons. The Morgan fingerprint density at radius 3 is 2.38 bits per heavy atom. The maximum atomic E-state index is 11.0. The molecule has 1 aromatic carbocycles. The minimum absolute atomic E-state index is 0.603. The molecule has 0 aliphatic rings. The van der Waals surface area contributed by atoms with Crippen LogP contribution in [0, 0.1) is 6.92 Å². The lowest BCUT2D eigenvalue weighted by Crippen LogP contribution is -2.09. The van der Waals surface area contributed by atoms with Gasteiger partial charge in [-0.3, -0.25) is 4.79 Å². The highest BCUT2D eigenvalue weighted by molar-refractivity contribution is 7.98. The summed E-state index contributed by atoms with van der Waals surface area (Å²) in [6.45, 7) is 1.90. The van der Waals surface area contributed by atoms with Gasteiger partial charge in [0.2, 0.25) is 6.41 Å². The second kappa shape index (κ2) is 8.35. The number of hydrogen-bond donors (Lipinski definition) is 1. The van der Waals surface area contributed by atoms with Crippen molar-refractivity contribution in [3.05, 3.63) is 41.2 Å². The first-order chi connectivity index (χ1) is 11.6. The Morgan fingerprint density at radius 2 is 1.88 bits per heavy atom. The molecule has 6 nitrogen and oxygen atoms in total. The molecular formula is C17H19N3O3S. The molecule has 2 rings (SSSR count). The van der Waals surface area contributed by atoms with Gasteiger partial charge < -0.3 is 14.8 Å². The number of methoxy groups -OCH3 is 2. The summed E-state index contributed by atoms with van der Waals surface area (Å²) in [6, 6.07) is 5.40. The van der Waals surface area contributed by atoms with Crippen molar-refractivity contribution in [1.82, 2.24) is 15.3 Å². The molecule has 0 spiro atoms. The SMILES string of the molecule is COc1cc(OC)cc(/C(=C/c2cnc(SC)nc2C)NC=O)c1. The van der Waals surface area contributed by atoms with E-state index < -0.39 is 0 Å². The van der Waals surface area contributed by atoms with Crippen LogP contribution in [0.25, 0.3) is 11.8 Å². The van der Waals surface area contributed by atoms with Crippen molar-refractivity contribution in [2.24, 2.45) is 0 Å². The topological polar surface area (TPSA) is 73.3 Å². The number of nitrogens with one attached hydrogen (secondary N) is 1. The molecule has 0 atom stereocenters. The molecule has 24 heavy (non-hydrogen) atoms. The molecule has 0 saturated carbocycles. The summed E-state index contributed by atoms with van der Waals surface area (Å²) < 4.78 is 10.6. The Labute approximate surface area is 145 Å². The third kappa shape index (κ3) is 4.26. The summed E-state index contributed by atoms with van der Waals surface area (Å²) in [5, 5.41) is 3.42. The largest absolute Gasteiger partial charge is 0.497 e. The number of nitrogens with zero attached hydrogens (tertiary/aromatic N) is 2. The van der Waals surface area contributed by atoms with Crippen molar-refractivity contribution in [2.75, 3.05) is 20.5 Å². The highest BCUT2D eigenvalue weighted by Gasteiger charge is 2.09. The highest BCUT2D eigenvalue weighted by Crippen LogP contribution is 2.27. The number of hydrogen-bond acceptors (Lipinski definition) is 6. The van der Waals surface area contributed by atoms with Crippen LogP contribution < -0.4 is 14.8 Å². The van der Waals surface area contributed by atoms with E-state index >= 15 is 0 Å². The quantitative estimate of drug-likeness (QED) is 0.472. The first-order valence-electron chi connectivity index (χ1n) is 7.14. The van der Waals surface area contributed by atoms with Crippen molar-refractivity contribution in [3.8, 4) is 11.5 Å². The van der Waals surface area contributed by atoms with Crippen molar-refractivity contribution in [1.29, 1.82) is 0 Å². The number of aromatic nitrogens is 2. The Hall–Kier alpha value is -2.54. The highest BCUT2D eigenvalue weighted by atomic mass is 32.2. The van der Waals surface area contributed by atoms with E-state index in [0.29, 0.717) is 28.8 Å². The second-order valence-electron chi connectivity index (χ2n) is 4.82. The van der Waals surface area contributed by atoms with Crippen LogP contribution in [0.5, 0.6) is 11.5 Å². The van der Waals surface area contributed by atoms with Gasteiger partial charge in [0.25, 0.3) is 0 Å². The van der Waals surface area contributed by atoms with Crippen LogP contribution >= 0.6 is 11.8 Å². The molecule has 0 aliphatic carbocycles. The van der Waals surface area contributed by atoms with Gasteiger partial charge in [-0.15, -0.1) is 0 Å². The second-order valence-corrected chi connectivity index (χ2v) is 5.59. The van der Waals surface area contributed by atoms with Crippen molar-refractivity contribution >= 4 is 29.9 Å². The molecular weight excluding hydrogens is 326 g/mol. The summed E-state index contributed by atoms with van der Waals surface area (Å²) in [5.74, 6) is 1.27. The molecule has 1 heterocycles. The Kier molecular flexibility index (Phi) is 6.20. The lowest BCUT2D eigenvalue weighted by atomic mass is 10.1. The number of amides is 1. The molecule has 1 amide bonds. The van der Waals surface area contributed by atoms with Crippen molar-refractivity contribution in [3.63, 3.8) is 0 Å². The van der Waals surface area contributed by atoms with Crippen molar-refractivity contribution < 1.29 is 14.3 Å². The van der Waals surface area contributed by atoms with Crippen LogP contribution in [0.15, 0.2) is 29.6 Å². The van der Waals surface area contributed by atoms with Gasteiger partial charge in [-0.05, 0) is 31.4 Å². The number of rotatable bonds is 7. The molecule has 0 aliphatic heterocycles. The molecule has 0 bridgehead atoms. The lowest BCUT2D eigenvalue weighted by Gasteiger charge is -2.11. The summed E-state index contributed by atoms with van der Waals surface area (Å²) >= 11 is 1.48. The van der Waals surface area contributed by atoms with Gasteiger partial charge in [-0.1, -0.05) is 11.8 Å². The molecule has 1 N–H and O–H groups in total. The molecule has 0 unspecified atom stereocenters. The third-order valence-corrected chi connectivity index (χ3v) is 3.92. The zero-order valence-corrected chi connectivity index (χ0v) is 14.8. The fourth-order valence-corrected chi connectivity index (χ4v) is 2.47. The number of benzene rings is 1. The monoisotopic (exact) mass is 345 g/mol. The zero-order chi connectivity index (χ0) is 17.5. The number of carbonyl (C=O) groups is 1. The van der Waals surface area contributed by atoms with Crippen LogP contribution in [0.2, 0.25) is 0 Å². The van der Waals surface area contributed by atoms with E-state index in [0.717, 1.165) is 16.8 Å². The van der Waals surface area contributed by atoms with Gasteiger partial charge in [0.05, 0.1) is 14.2 Å². The van der Waals surface area contributed by atoms with Gasteiger partial charge in [0, 0.05) is 34.8 Å². The van der Waals surface area contributed by atoms with Gasteiger partial charge in [-0.2, -0.15) is 0 Å². The van der Waals surface area contributed by atoms with Crippen LogP contribution in [0.1, 0.15) is 16.8 Å². The molecule has 0 radical (unpaired) electrons. The minimum atomic E-state index is 0.603. The molecule has 2 aromatic rings. The zero-order valence-electron chi connectivity index (χ0n) is 14.0. The summed E-state index contributed by atoms with van der Waals surface area (Å²) in [5.41, 5.74) is 3.01. The first kappa shape index (κ1) is 17.8. The number of aryl methyl sites for hydroxylation is 1. The average molecular weight is 345 g/mol. The van der Waals surface area contributed by atoms with E-state index in [-0.39, 0.29) is 0 Å². The van der Waals surface area contributed by atoms with Crippen LogP contribution in [0.3, 0.4) is 0 Å². The summed E-state index contributed by atoms with van der Waals surface area (Å²) in [7, 11) is 3.16. The van der Waals surface area contributed by atoms with Crippen molar-refractivity contribution in [2.45, 2.75) is 12.1 Å². The predicted octanol–water partition coefficient (Wildman–Crippen LogP) is 2.77. The van der Waals surface area contributed by atoms with E-state index in [1.807, 2.05) is 31.4 Å². The Balaban J connectivity index is 2.51. The van der Waals surface area contributed by atoms with E-state index in [2.05, 4.69) is 15.3 Å². The van der Waals surface area contributed by atoms with Gasteiger partial charge in [-0.25, -0.2) is 9.97 Å². The van der Waals surface area contributed by atoms with Crippen LogP contribution in [-0.4, -0.2) is 36.9 Å². The third-order valence-electron chi connectivity index (χ3n) is 3.35. The van der Waals surface area contributed by atoms with Gasteiger partial charge in [0.1, 0.15) is 11.5 Å². The average Bonchev–Trinajstić information content (AvgIpc) is 2.62. The van der Waals surface area contributed by atoms with E-state index in [1.165, 1.54) is 11.8 Å². The standard InChI is InChI=1S/C17H19N3O3S/c1-11-13(9-18-17(20-11)24-4)7-16(19-10-21)12-5-14(22-2)8-15(6-12)23-3/h5-10H,1-4H3,(H,19,21)/b16-7-. The molecule has 7 heteroatoms. The molecule has 0 fully saturated rings. The van der Waals surface area contributed by atoms with E-state index in [1.54, 1.807) is 26.5 Å². The van der Waals surface area contributed by atoms with E-state index in [9.17, 15) is 4.79 Å². The van der Waals surface area contributed by atoms with Gasteiger partial charge >= 0.3 is 0 Å². The van der Waals surface area contributed by atoms with Gasteiger partial charge in [0.15, 0.2) is 5.16 Å². The predicted molar refractivity (Wildman–Crippen MR) is 95.2 cm³/mol. The fraction of sp³-hybridized carbons (Fsp3) is 0.235. The summed E-state index contributed by atoms with van der Waals surface area (Å²) in [6.07, 6.45) is 6.11. The van der Waals surface area contributed by atoms with Crippen LogP contribution in [-0.2, 0) is 4.79 Å². The fourth-order valence-electron chi connectivity index (χ4n) is 2.09. The molecule has 1 aromatic heterocycles. The maximum absolute atomic E-state index is 11.0. The maximum Gasteiger partial charge on any atom is 0.211 e. The summed E-state index contributed by atoms with van der Waals surface area (Å²) in [4.78, 5) is 19.7. The molecule has 0 saturated heterocycles. The Bertz CT molecular complexity index is 740. The van der Waals surface area contributed by atoms with Crippen LogP contribution in [0.4, 0.5) is 0 Å². The lowest BCUT2D eigenvalue weighted by molar-refractivity contribution is -0.108. The number of thioether (sulfide) groups is 1. The van der Waals surface area contributed by atoms with E-state index in [4.69, 9.17) is 9.47 Å². The number of carbonyl (C=O) groups excluding carboxylic acids is 1. The first-order valence-corrected chi connectivity index (χ1v) is 8.36. The minimum Gasteiger partial charge on any atom is -0.497 e.